The Bertz CT molecular complexity index is 1690. The van der Waals surface area contributed by atoms with Crippen LogP contribution < -0.4 is 5.11 Å². The van der Waals surface area contributed by atoms with Gasteiger partial charge in [-0.15, -0.1) is 0 Å². The Morgan fingerprint density at radius 3 is 1.21 bits per heavy atom. The van der Waals surface area contributed by atoms with Crippen molar-refractivity contribution in [2.24, 2.45) is 27.6 Å². The fraction of sp³-hybridized carbons (Fsp3) is 0.559. The van der Waals surface area contributed by atoms with Crippen LogP contribution in [0.1, 0.15) is 162 Å². The summed E-state index contributed by atoms with van der Waals surface area (Å²) < 4.78 is 10.5. The SMILES string of the molecule is CC(C)(C)C.CC(C)(C)C.CC(C)(C)CCCC(CC(=O)O)C(=O)[O-].CC(C)(C)CCCOCC1CO1.CC(C)(C)c1ccccc1.c1ccc([S+](c2ccccc2)c2ccccc2)cc1. The summed E-state index contributed by atoms with van der Waals surface area (Å²) in [6, 6.07) is 42.7. The molecule has 0 spiro atoms. The van der Waals surface area contributed by atoms with Crippen LogP contribution in [0.4, 0.5) is 0 Å². The van der Waals surface area contributed by atoms with Crippen LogP contribution in [0.15, 0.2) is 136 Å². The van der Waals surface area contributed by atoms with E-state index in [1.807, 2.05) is 0 Å². The van der Waals surface area contributed by atoms with Crippen molar-refractivity contribution in [2.45, 2.75) is 182 Å². The topological polar surface area (TPSA) is 99.2 Å². The Hall–Kier alpha value is -3.91. The summed E-state index contributed by atoms with van der Waals surface area (Å²) in [5.74, 6) is -3.20. The molecule has 1 saturated heterocycles. The molecule has 370 valence electrons. The Labute approximate surface area is 407 Å². The van der Waals surface area contributed by atoms with E-state index in [1.165, 1.54) is 26.7 Å². The van der Waals surface area contributed by atoms with Crippen LogP contribution in [0.2, 0.25) is 0 Å². The molecule has 5 rings (SSSR count). The van der Waals surface area contributed by atoms with Gasteiger partial charge in [-0.1, -0.05) is 209 Å². The lowest BCUT2D eigenvalue weighted by atomic mass is 9.87. The molecule has 0 saturated carbocycles. The highest BCUT2D eigenvalue weighted by molar-refractivity contribution is 7.97. The molecule has 4 aromatic rings. The van der Waals surface area contributed by atoms with Crippen molar-refractivity contribution in [3.63, 3.8) is 0 Å². The molecule has 0 aliphatic carbocycles. The van der Waals surface area contributed by atoms with E-state index in [-0.39, 0.29) is 22.7 Å². The third kappa shape index (κ3) is 39.3. The lowest BCUT2D eigenvalue weighted by molar-refractivity contribution is -0.312. The van der Waals surface area contributed by atoms with Crippen LogP contribution in [0.25, 0.3) is 0 Å². The van der Waals surface area contributed by atoms with E-state index in [9.17, 15) is 14.7 Å². The lowest BCUT2D eigenvalue weighted by Gasteiger charge is -2.20. The molecule has 4 aromatic carbocycles. The second-order valence-corrected chi connectivity index (χ2v) is 25.6. The zero-order valence-corrected chi connectivity index (χ0v) is 45.3. The van der Waals surface area contributed by atoms with Crippen molar-refractivity contribution in [1.82, 2.24) is 0 Å². The third-order valence-electron chi connectivity index (χ3n) is 8.73. The van der Waals surface area contributed by atoms with Crippen LogP contribution in [0.3, 0.4) is 0 Å². The number of hydrogen-bond acceptors (Lipinski definition) is 5. The van der Waals surface area contributed by atoms with Gasteiger partial charge in [0.15, 0.2) is 14.7 Å². The number of ether oxygens (including phenoxy) is 2. The van der Waals surface area contributed by atoms with Crippen molar-refractivity contribution >= 4 is 22.8 Å². The summed E-state index contributed by atoms with van der Waals surface area (Å²) in [6.45, 7) is 39.7. The van der Waals surface area contributed by atoms with Gasteiger partial charge in [0.2, 0.25) is 0 Å². The summed E-state index contributed by atoms with van der Waals surface area (Å²) in [4.78, 5) is 25.1. The number of benzene rings is 4. The van der Waals surface area contributed by atoms with E-state index >= 15 is 0 Å². The van der Waals surface area contributed by atoms with E-state index < -0.39 is 17.9 Å². The van der Waals surface area contributed by atoms with Crippen LogP contribution in [-0.4, -0.2) is 43.0 Å². The highest BCUT2D eigenvalue weighted by atomic mass is 32.2. The van der Waals surface area contributed by atoms with Gasteiger partial charge in [-0.25, -0.2) is 0 Å². The average Bonchev–Trinajstić information content (AvgIpc) is 4.02. The summed E-state index contributed by atoms with van der Waals surface area (Å²) in [7, 11) is -0.0146. The highest BCUT2D eigenvalue weighted by Gasteiger charge is 2.27. The second kappa shape index (κ2) is 31.2. The molecule has 0 radical (unpaired) electrons. The maximum atomic E-state index is 10.6. The molecule has 0 amide bonds. The van der Waals surface area contributed by atoms with Crippen molar-refractivity contribution in [3.05, 3.63) is 127 Å². The van der Waals surface area contributed by atoms with Gasteiger partial charge >= 0.3 is 5.97 Å². The first kappa shape index (κ1) is 62.1. The van der Waals surface area contributed by atoms with Gasteiger partial charge in [0, 0.05) is 18.5 Å². The Morgan fingerprint density at radius 2 is 0.939 bits per heavy atom. The lowest BCUT2D eigenvalue weighted by Crippen LogP contribution is -2.32. The largest absolute Gasteiger partial charge is 0.550 e. The molecule has 2 atom stereocenters. The van der Waals surface area contributed by atoms with Gasteiger partial charge in [-0.05, 0) is 94.7 Å². The summed E-state index contributed by atoms with van der Waals surface area (Å²) in [5, 5.41) is 19.1. The minimum Gasteiger partial charge on any atom is -0.550 e. The standard InChI is InChI=1S/C18H15S.C11H20O4.C10H20O2.C10H14.2C5H12/c1-4-10-16(11-5-1)19(17-12-6-2-7-13-17)18-14-8-3-9-15-18;1-11(2,3)6-4-5-8(10(14)15)7-9(12)13;1-10(2,3)5-4-6-11-7-9-8-12-9;1-10(2,3)9-7-5-4-6-8-9;2*1-5(2,3)4/h1-15H;8H,4-7H2,1-3H3,(H,12,13)(H,14,15);9H,4-8H2,1-3H3;4-8H,1-3H3;2*1-4H3/q+1;;;;;/p-1. The van der Waals surface area contributed by atoms with Crippen LogP contribution in [0, 0.1) is 27.6 Å². The predicted molar refractivity (Wildman–Crippen MR) is 280 cm³/mol. The summed E-state index contributed by atoms with van der Waals surface area (Å²) in [5.41, 5.74) is 3.29. The first-order valence-electron chi connectivity index (χ1n) is 23.9. The van der Waals surface area contributed by atoms with E-state index in [4.69, 9.17) is 14.6 Å². The normalized spacial score (nSPS) is 13.8. The minimum atomic E-state index is -1.26. The van der Waals surface area contributed by atoms with Gasteiger partial charge in [-0.3, -0.25) is 4.79 Å². The van der Waals surface area contributed by atoms with Gasteiger partial charge in [0.1, 0.15) is 6.10 Å². The molecule has 1 aliphatic rings. The molecule has 1 aliphatic heterocycles. The Kier molecular flexibility index (Phi) is 29.3. The zero-order valence-electron chi connectivity index (χ0n) is 44.5. The van der Waals surface area contributed by atoms with Gasteiger partial charge in [0.05, 0.1) is 30.5 Å². The number of carbonyl (C=O) groups is 2. The van der Waals surface area contributed by atoms with Crippen molar-refractivity contribution in [3.8, 4) is 0 Å². The molecule has 2 unspecified atom stereocenters. The molecule has 1 heterocycles. The maximum Gasteiger partial charge on any atom is 0.304 e. The van der Waals surface area contributed by atoms with E-state index in [2.05, 4.69) is 239 Å². The summed E-state index contributed by atoms with van der Waals surface area (Å²) >= 11 is 0. The van der Waals surface area contributed by atoms with Gasteiger partial charge < -0.3 is 24.5 Å². The number of hydrogen-bond donors (Lipinski definition) is 1. The highest BCUT2D eigenvalue weighted by Crippen LogP contribution is 2.31. The smallest absolute Gasteiger partial charge is 0.304 e. The molecular formula is C59H92O6S. The van der Waals surface area contributed by atoms with Crippen molar-refractivity contribution in [2.75, 3.05) is 19.8 Å². The fourth-order valence-electron chi connectivity index (χ4n) is 5.49. The number of carbonyl (C=O) groups excluding carboxylic acids is 1. The minimum absolute atomic E-state index is 0.0146. The third-order valence-corrected chi connectivity index (χ3v) is 11.0. The zero-order chi connectivity index (χ0) is 50.6. The number of carboxylic acids is 2. The molecule has 66 heavy (non-hydrogen) atoms. The number of carboxylic acid groups (broad SMARTS) is 2. The van der Waals surface area contributed by atoms with E-state index in [1.54, 1.807) is 0 Å². The number of aliphatic carboxylic acids is 2. The molecule has 7 heteroatoms. The molecule has 0 bridgehead atoms. The van der Waals surface area contributed by atoms with Gasteiger partial charge in [-0.2, -0.15) is 0 Å². The van der Waals surface area contributed by atoms with E-state index in [0.717, 1.165) is 39.1 Å². The predicted octanol–water partition coefficient (Wildman–Crippen LogP) is 15.1. The quantitative estimate of drug-likeness (QED) is 0.0768. The van der Waals surface area contributed by atoms with Crippen molar-refractivity contribution < 1.29 is 29.3 Å². The maximum absolute atomic E-state index is 10.6. The fourth-order valence-corrected chi connectivity index (χ4v) is 7.60. The summed E-state index contributed by atoms with van der Waals surface area (Å²) in [6.07, 6.45) is 4.46. The molecular weight excluding hydrogens is 837 g/mol. The van der Waals surface area contributed by atoms with Gasteiger partial charge in [0.25, 0.3) is 0 Å². The first-order valence-corrected chi connectivity index (χ1v) is 25.1. The Balaban J connectivity index is 0.000000815. The van der Waals surface area contributed by atoms with E-state index in [0.29, 0.717) is 34.2 Å². The van der Waals surface area contributed by atoms with Crippen LogP contribution in [0.5, 0.6) is 0 Å². The number of rotatable bonds is 14. The molecule has 1 N–H and O–H groups in total. The Morgan fingerprint density at radius 1 is 0.606 bits per heavy atom. The average molecular weight is 929 g/mol. The second-order valence-electron chi connectivity index (χ2n) is 23.6. The monoisotopic (exact) mass is 929 g/mol. The molecule has 0 aromatic heterocycles. The first-order chi connectivity index (χ1) is 30.4. The number of epoxide rings is 1. The van der Waals surface area contributed by atoms with Crippen molar-refractivity contribution in [1.29, 1.82) is 0 Å². The molecule has 6 nitrogen and oxygen atoms in total. The van der Waals surface area contributed by atoms with Crippen LogP contribution >= 0.6 is 0 Å². The van der Waals surface area contributed by atoms with Crippen LogP contribution in [-0.2, 0) is 35.4 Å². The molecule has 1 fully saturated rings.